The molecule has 0 bridgehead atoms. The first-order valence-corrected chi connectivity index (χ1v) is 9.11. The minimum absolute atomic E-state index is 0.487. The van der Waals surface area contributed by atoms with Crippen LogP contribution in [0, 0.1) is 5.92 Å². The van der Waals surface area contributed by atoms with E-state index in [0.29, 0.717) is 30.3 Å². The molecule has 2 heterocycles. The Morgan fingerprint density at radius 3 is 2.64 bits per heavy atom. The lowest BCUT2D eigenvalue weighted by molar-refractivity contribution is -0.160. The summed E-state index contributed by atoms with van der Waals surface area (Å²) in [7, 11) is 1.57. The average Bonchev–Trinajstić information content (AvgIpc) is 2.64. The summed E-state index contributed by atoms with van der Waals surface area (Å²) in [6.07, 6.45) is 3.46. The van der Waals surface area contributed by atoms with Gasteiger partial charge in [-0.3, -0.25) is 0 Å². The van der Waals surface area contributed by atoms with E-state index >= 15 is 0 Å². The number of ether oxygens (including phenoxy) is 2. The third-order valence-electron chi connectivity index (χ3n) is 5.34. The van der Waals surface area contributed by atoms with E-state index in [0.717, 1.165) is 32.7 Å². The second kappa shape index (κ2) is 8.06. The number of carbonyl (C=O) groups is 1. The molecule has 0 saturated carbocycles. The van der Waals surface area contributed by atoms with E-state index in [2.05, 4.69) is 10.2 Å². The topological polar surface area (TPSA) is 71.0 Å². The predicted octanol–water partition coefficient (Wildman–Crippen LogP) is 1.99. The molecule has 1 aromatic rings. The van der Waals surface area contributed by atoms with Crippen LogP contribution in [-0.2, 0) is 4.79 Å². The van der Waals surface area contributed by atoms with Crippen molar-refractivity contribution >= 4 is 5.97 Å². The summed E-state index contributed by atoms with van der Waals surface area (Å²) in [5.74, 6) is 0.842. The first-order valence-electron chi connectivity index (χ1n) is 9.11. The molecule has 25 heavy (non-hydrogen) atoms. The van der Waals surface area contributed by atoms with Crippen molar-refractivity contribution in [1.29, 1.82) is 0 Å². The van der Waals surface area contributed by atoms with Crippen molar-refractivity contribution in [3.63, 3.8) is 0 Å². The minimum Gasteiger partial charge on any atom is -0.493 e. The molecule has 0 radical (unpaired) electrons. The lowest BCUT2D eigenvalue weighted by atomic mass is 9.89. The Morgan fingerprint density at radius 2 is 2.04 bits per heavy atom. The molecule has 6 nitrogen and oxygen atoms in total. The zero-order chi connectivity index (χ0) is 17.7. The number of nitrogens with one attached hydrogen (secondary N) is 1. The molecule has 2 N–H and O–H groups in total. The number of rotatable bonds is 6. The normalized spacial score (nSPS) is 23.8. The molecular formula is C19H28N2O4. The maximum atomic E-state index is 12.0. The summed E-state index contributed by atoms with van der Waals surface area (Å²) in [4.78, 5) is 14.4. The molecule has 0 aliphatic carbocycles. The number of hydrogen-bond donors (Lipinski definition) is 2. The first-order chi connectivity index (χ1) is 12.1. The molecule has 1 atom stereocenters. The summed E-state index contributed by atoms with van der Waals surface area (Å²) in [5, 5.41) is 13.3. The van der Waals surface area contributed by atoms with Crippen LogP contribution in [0.4, 0.5) is 0 Å². The maximum absolute atomic E-state index is 12.0. The van der Waals surface area contributed by atoms with Gasteiger partial charge in [-0.05, 0) is 44.0 Å². The fourth-order valence-electron chi connectivity index (χ4n) is 3.81. The number of benzene rings is 1. The van der Waals surface area contributed by atoms with E-state index < -0.39 is 11.6 Å². The predicted molar refractivity (Wildman–Crippen MR) is 95.3 cm³/mol. The van der Waals surface area contributed by atoms with Crippen molar-refractivity contribution in [3.8, 4) is 11.5 Å². The van der Waals surface area contributed by atoms with E-state index in [4.69, 9.17) is 9.47 Å². The highest BCUT2D eigenvalue weighted by molar-refractivity contribution is 5.78. The van der Waals surface area contributed by atoms with Gasteiger partial charge in [-0.1, -0.05) is 12.1 Å². The van der Waals surface area contributed by atoms with E-state index in [1.54, 1.807) is 19.2 Å². The molecule has 2 fully saturated rings. The fraction of sp³-hybridized carbons (Fsp3) is 0.632. The van der Waals surface area contributed by atoms with Gasteiger partial charge in [0.25, 0.3) is 0 Å². The molecule has 3 rings (SSSR count). The van der Waals surface area contributed by atoms with Gasteiger partial charge in [-0.25, -0.2) is 4.79 Å². The number of hydrogen-bond acceptors (Lipinski definition) is 5. The lowest BCUT2D eigenvalue weighted by Gasteiger charge is -2.40. The maximum Gasteiger partial charge on any atom is 0.348 e. The number of para-hydroxylation sites is 2. The van der Waals surface area contributed by atoms with E-state index in [9.17, 15) is 9.90 Å². The second-order valence-electron chi connectivity index (χ2n) is 7.07. The highest BCUT2D eigenvalue weighted by Crippen LogP contribution is 2.35. The van der Waals surface area contributed by atoms with Crippen molar-refractivity contribution in [3.05, 3.63) is 24.3 Å². The Labute approximate surface area is 149 Å². The van der Waals surface area contributed by atoms with Gasteiger partial charge in [0.1, 0.15) is 0 Å². The molecule has 0 unspecified atom stereocenters. The molecular weight excluding hydrogens is 320 g/mol. The van der Waals surface area contributed by atoms with Crippen molar-refractivity contribution in [2.24, 2.45) is 5.92 Å². The molecule has 6 heteroatoms. The molecule has 2 aliphatic rings. The van der Waals surface area contributed by atoms with Crippen LogP contribution in [0.15, 0.2) is 24.3 Å². The standard InChI is InChI=1S/C19H28N2O4/c1-24-16-6-2-3-7-17(16)25-19(18(22)23)8-11-21(12-9-19)14-15-5-4-10-20-13-15/h2-3,6-7,15,20H,4-5,8-14H2,1H3,(H,22,23)/t15-/m0/s1. The molecule has 2 aliphatic heterocycles. The molecule has 138 valence electrons. The van der Waals surface area contributed by atoms with Crippen molar-refractivity contribution in [2.45, 2.75) is 31.3 Å². The number of nitrogens with zero attached hydrogens (tertiary/aromatic N) is 1. The van der Waals surface area contributed by atoms with Crippen molar-refractivity contribution < 1.29 is 19.4 Å². The van der Waals surface area contributed by atoms with Crippen LogP contribution in [0.2, 0.25) is 0 Å². The highest BCUT2D eigenvalue weighted by Gasteiger charge is 2.44. The van der Waals surface area contributed by atoms with Crippen LogP contribution >= 0.6 is 0 Å². The Hall–Kier alpha value is -1.79. The third kappa shape index (κ3) is 4.25. The van der Waals surface area contributed by atoms with Gasteiger partial charge in [-0.2, -0.15) is 0 Å². The van der Waals surface area contributed by atoms with Crippen molar-refractivity contribution in [1.82, 2.24) is 10.2 Å². The number of likely N-dealkylation sites (tertiary alicyclic amines) is 1. The second-order valence-corrected chi connectivity index (χ2v) is 7.07. The summed E-state index contributed by atoms with van der Waals surface area (Å²) < 4.78 is 11.3. The quantitative estimate of drug-likeness (QED) is 0.819. The molecule has 0 spiro atoms. The van der Waals surface area contributed by atoms with Gasteiger partial charge in [0.2, 0.25) is 5.60 Å². The SMILES string of the molecule is COc1ccccc1OC1(C(=O)O)CCN(C[C@H]2CCCNC2)CC1. The van der Waals surface area contributed by atoms with E-state index in [-0.39, 0.29) is 0 Å². The Balaban J connectivity index is 1.63. The fourth-order valence-corrected chi connectivity index (χ4v) is 3.81. The van der Waals surface area contributed by atoms with Crippen molar-refractivity contribution in [2.75, 3.05) is 39.8 Å². The summed E-state index contributed by atoms with van der Waals surface area (Å²) in [6, 6.07) is 7.23. The van der Waals surface area contributed by atoms with E-state index in [1.807, 2.05) is 12.1 Å². The van der Waals surface area contributed by atoms with Gasteiger partial charge in [0.15, 0.2) is 11.5 Å². The van der Waals surface area contributed by atoms with E-state index in [1.165, 1.54) is 12.8 Å². The highest BCUT2D eigenvalue weighted by atomic mass is 16.5. The van der Waals surface area contributed by atoms with Crippen LogP contribution < -0.4 is 14.8 Å². The van der Waals surface area contributed by atoms with Gasteiger partial charge in [0.05, 0.1) is 7.11 Å². The number of carboxylic acids is 1. The van der Waals surface area contributed by atoms with Gasteiger partial charge < -0.3 is 24.8 Å². The summed E-state index contributed by atoms with van der Waals surface area (Å²) >= 11 is 0. The minimum atomic E-state index is -1.17. The number of piperidine rings is 2. The Bertz CT molecular complexity index is 579. The number of methoxy groups -OCH3 is 1. The van der Waals surface area contributed by atoms with Gasteiger partial charge >= 0.3 is 5.97 Å². The monoisotopic (exact) mass is 348 g/mol. The number of carboxylic acid groups (broad SMARTS) is 1. The third-order valence-corrected chi connectivity index (χ3v) is 5.34. The molecule has 2 saturated heterocycles. The lowest BCUT2D eigenvalue weighted by Crippen LogP contribution is -2.54. The smallest absolute Gasteiger partial charge is 0.348 e. The number of aliphatic carboxylic acids is 1. The van der Waals surface area contributed by atoms with Crippen LogP contribution in [0.1, 0.15) is 25.7 Å². The largest absolute Gasteiger partial charge is 0.493 e. The average molecular weight is 348 g/mol. The zero-order valence-electron chi connectivity index (χ0n) is 14.9. The molecule has 0 amide bonds. The Morgan fingerprint density at radius 1 is 1.32 bits per heavy atom. The molecule has 1 aromatic carbocycles. The summed E-state index contributed by atoms with van der Waals surface area (Å²) in [5.41, 5.74) is -1.17. The van der Waals surface area contributed by atoms with Gasteiger partial charge in [0, 0.05) is 32.5 Å². The first kappa shape index (κ1) is 18.0. The van der Waals surface area contributed by atoms with Crippen LogP contribution in [0.25, 0.3) is 0 Å². The summed E-state index contributed by atoms with van der Waals surface area (Å²) in [6.45, 7) is 4.72. The Kier molecular flexibility index (Phi) is 5.81. The van der Waals surface area contributed by atoms with Gasteiger partial charge in [-0.15, -0.1) is 0 Å². The molecule has 0 aromatic heterocycles. The van der Waals surface area contributed by atoms with Crippen LogP contribution in [0.5, 0.6) is 11.5 Å². The zero-order valence-corrected chi connectivity index (χ0v) is 14.9. The van der Waals surface area contributed by atoms with Crippen LogP contribution in [0.3, 0.4) is 0 Å². The van der Waals surface area contributed by atoms with Crippen LogP contribution in [-0.4, -0.2) is 61.4 Å².